The Balaban J connectivity index is 1.41. The first-order valence-corrected chi connectivity index (χ1v) is 12.2. The SMILES string of the molecule is c1ccc2c(c1)Cc1c-2ccc2c1Cc1c-2ccc2c3cccnc3n3c4ccccc4nc3c12. The number of nitrogens with zero attached hydrogens (tertiary/aromatic N) is 3. The third kappa shape index (κ3) is 2.12. The molecule has 35 heavy (non-hydrogen) atoms. The van der Waals surface area contributed by atoms with Crippen molar-refractivity contribution in [1.82, 2.24) is 14.4 Å². The standard InChI is InChI=1S/C32H19N3/c1-2-7-19-18(6-1)16-25-20(19)11-12-21-22-13-14-23-24-8-5-15-33-31(24)35-29-10-4-3-9-28(29)34-32(35)30(23)27(22)17-26(21)25/h1-15H,16-17H2. The number of aromatic nitrogens is 3. The summed E-state index contributed by atoms with van der Waals surface area (Å²) in [4.78, 5) is 9.97. The molecule has 0 atom stereocenters. The van der Waals surface area contributed by atoms with Crippen LogP contribution in [0.2, 0.25) is 0 Å². The summed E-state index contributed by atoms with van der Waals surface area (Å²) in [5, 5.41) is 3.68. The Kier molecular flexibility index (Phi) is 3.14. The molecule has 2 aliphatic rings. The Labute approximate surface area is 201 Å². The number of hydrogen-bond acceptors (Lipinski definition) is 2. The normalized spacial score (nSPS) is 13.5. The van der Waals surface area contributed by atoms with E-state index >= 15 is 0 Å². The number of pyridine rings is 2. The second-order valence-electron chi connectivity index (χ2n) is 9.78. The van der Waals surface area contributed by atoms with Crippen LogP contribution in [-0.2, 0) is 12.8 Å². The first-order valence-electron chi connectivity index (χ1n) is 12.2. The lowest BCUT2D eigenvalue weighted by molar-refractivity contribution is 1.17. The van der Waals surface area contributed by atoms with Crippen LogP contribution >= 0.6 is 0 Å². The van der Waals surface area contributed by atoms with Crippen LogP contribution in [0.3, 0.4) is 0 Å². The number of hydrogen-bond donors (Lipinski definition) is 0. The summed E-state index contributed by atoms with van der Waals surface area (Å²) in [5.74, 6) is 0. The molecule has 4 aromatic carbocycles. The van der Waals surface area contributed by atoms with Crippen molar-refractivity contribution >= 4 is 38.5 Å². The molecule has 9 rings (SSSR count). The van der Waals surface area contributed by atoms with Gasteiger partial charge in [0.15, 0.2) is 0 Å². The minimum Gasteiger partial charge on any atom is -0.276 e. The average Bonchev–Trinajstić information content (AvgIpc) is 3.59. The summed E-state index contributed by atoms with van der Waals surface area (Å²) < 4.78 is 2.26. The molecule has 3 aromatic heterocycles. The van der Waals surface area contributed by atoms with Gasteiger partial charge in [-0.1, -0.05) is 60.7 Å². The predicted molar refractivity (Wildman–Crippen MR) is 142 cm³/mol. The first kappa shape index (κ1) is 17.9. The Bertz CT molecular complexity index is 2060. The van der Waals surface area contributed by atoms with Gasteiger partial charge in [0.25, 0.3) is 0 Å². The average molecular weight is 446 g/mol. The molecule has 0 saturated heterocycles. The summed E-state index contributed by atoms with van der Waals surface area (Å²) in [5.41, 5.74) is 15.5. The molecule has 0 spiro atoms. The lowest BCUT2D eigenvalue weighted by atomic mass is 9.96. The van der Waals surface area contributed by atoms with Crippen molar-refractivity contribution in [2.24, 2.45) is 0 Å². The highest BCUT2D eigenvalue weighted by Crippen LogP contribution is 2.49. The molecule has 162 valence electrons. The van der Waals surface area contributed by atoms with Crippen molar-refractivity contribution in [1.29, 1.82) is 0 Å². The van der Waals surface area contributed by atoms with Gasteiger partial charge >= 0.3 is 0 Å². The molecule has 0 aliphatic heterocycles. The molecule has 3 heteroatoms. The van der Waals surface area contributed by atoms with Gasteiger partial charge in [-0.05, 0) is 87.0 Å². The minimum absolute atomic E-state index is 0.948. The van der Waals surface area contributed by atoms with E-state index in [9.17, 15) is 0 Å². The summed E-state index contributed by atoms with van der Waals surface area (Å²) in [6, 6.07) is 30.8. The van der Waals surface area contributed by atoms with Crippen LogP contribution in [0, 0.1) is 0 Å². The Morgan fingerprint density at radius 2 is 1.34 bits per heavy atom. The maximum atomic E-state index is 5.16. The van der Waals surface area contributed by atoms with E-state index in [1.807, 2.05) is 12.3 Å². The van der Waals surface area contributed by atoms with Gasteiger partial charge < -0.3 is 0 Å². The van der Waals surface area contributed by atoms with Gasteiger partial charge in [-0.2, -0.15) is 0 Å². The molecule has 0 unspecified atom stereocenters. The van der Waals surface area contributed by atoms with Crippen molar-refractivity contribution in [2.45, 2.75) is 12.8 Å². The quantitative estimate of drug-likeness (QED) is 0.229. The second kappa shape index (κ2) is 6.13. The van der Waals surface area contributed by atoms with Gasteiger partial charge in [-0.15, -0.1) is 0 Å². The monoisotopic (exact) mass is 445 g/mol. The molecule has 0 bridgehead atoms. The van der Waals surface area contributed by atoms with Crippen molar-refractivity contribution in [2.75, 3.05) is 0 Å². The van der Waals surface area contributed by atoms with Crippen molar-refractivity contribution in [3.63, 3.8) is 0 Å². The van der Waals surface area contributed by atoms with Gasteiger partial charge in [0.2, 0.25) is 0 Å². The van der Waals surface area contributed by atoms with Crippen LogP contribution < -0.4 is 0 Å². The summed E-state index contributed by atoms with van der Waals surface area (Å²) in [6.45, 7) is 0. The van der Waals surface area contributed by atoms with Gasteiger partial charge in [-0.3, -0.25) is 4.40 Å². The van der Waals surface area contributed by atoms with Crippen molar-refractivity contribution in [3.05, 3.63) is 113 Å². The van der Waals surface area contributed by atoms with E-state index in [0.29, 0.717) is 0 Å². The van der Waals surface area contributed by atoms with Gasteiger partial charge in [-0.25, -0.2) is 9.97 Å². The second-order valence-corrected chi connectivity index (χ2v) is 9.78. The molecule has 7 aromatic rings. The predicted octanol–water partition coefficient (Wildman–Crippen LogP) is 7.33. The maximum absolute atomic E-state index is 5.16. The van der Waals surface area contributed by atoms with Crippen molar-refractivity contribution in [3.8, 4) is 22.3 Å². The van der Waals surface area contributed by atoms with E-state index in [4.69, 9.17) is 9.97 Å². The molecule has 3 nitrogen and oxygen atoms in total. The Hall–Kier alpha value is -4.50. The Morgan fingerprint density at radius 1 is 0.571 bits per heavy atom. The van der Waals surface area contributed by atoms with Crippen LogP contribution in [0.1, 0.15) is 22.3 Å². The van der Waals surface area contributed by atoms with E-state index in [1.165, 1.54) is 60.7 Å². The zero-order valence-corrected chi connectivity index (χ0v) is 18.9. The van der Waals surface area contributed by atoms with Crippen LogP contribution in [0.4, 0.5) is 0 Å². The Morgan fingerprint density at radius 3 is 2.31 bits per heavy atom. The van der Waals surface area contributed by atoms with Crippen LogP contribution in [-0.4, -0.2) is 14.4 Å². The lowest BCUT2D eigenvalue weighted by Gasteiger charge is -2.11. The fourth-order valence-electron chi connectivity index (χ4n) is 6.66. The molecule has 0 radical (unpaired) electrons. The number of rotatable bonds is 0. The first-order chi connectivity index (χ1) is 17.4. The highest BCUT2D eigenvalue weighted by atomic mass is 15.1. The molecular weight excluding hydrogens is 426 g/mol. The largest absolute Gasteiger partial charge is 0.276 e. The molecule has 0 N–H and O–H groups in total. The lowest BCUT2D eigenvalue weighted by Crippen LogP contribution is -1.96. The van der Waals surface area contributed by atoms with Gasteiger partial charge in [0, 0.05) is 17.0 Å². The van der Waals surface area contributed by atoms with E-state index in [-0.39, 0.29) is 0 Å². The third-order valence-electron chi connectivity index (χ3n) is 8.14. The molecular formula is C32H19N3. The fraction of sp³-hybridized carbons (Fsp3) is 0.0625. The van der Waals surface area contributed by atoms with E-state index in [0.717, 1.165) is 35.2 Å². The van der Waals surface area contributed by atoms with Gasteiger partial charge in [0.1, 0.15) is 11.3 Å². The summed E-state index contributed by atoms with van der Waals surface area (Å²) >= 11 is 0. The van der Waals surface area contributed by atoms with E-state index in [1.54, 1.807) is 0 Å². The van der Waals surface area contributed by atoms with Crippen molar-refractivity contribution < 1.29 is 0 Å². The highest BCUT2D eigenvalue weighted by molar-refractivity contribution is 6.16. The fourth-order valence-corrected chi connectivity index (χ4v) is 6.66. The smallest absolute Gasteiger partial charge is 0.147 e. The van der Waals surface area contributed by atoms with Crippen LogP contribution in [0.25, 0.3) is 60.7 Å². The summed E-state index contributed by atoms with van der Waals surface area (Å²) in [6.07, 6.45) is 3.85. The summed E-state index contributed by atoms with van der Waals surface area (Å²) in [7, 11) is 0. The highest BCUT2D eigenvalue weighted by Gasteiger charge is 2.30. The zero-order chi connectivity index (χ0) is 22.7. The molecule has 3 heterocycles. The molecule has 0 amide bonds. The van der Waals surface area contributed by atoms with Gasteiger partial charge in [0.05, 0.1) is 11.0 Å². The maximum Gasteiger partial charge on any atom is 0.147 e. The number of fused-ring (bicyclic) bond motifs is 16. The van der Waals surface area contributed by atoms with E-state index in [2.05, 4.69) is 83.3 Å². The number of imidazole rings is 1. The molecule has 2 aliphatic carbocycles. The molecule has 0 saturated carbocycles. The van der Waals surface area contributed by atoms with E-state index < -0.39 is 0 Å². The van der Waals surface area contributed by atoms with Crippen LogP contribution in [0.15, 0.2) is 91.1 Å². The molecule has 0 fully saturated rings. The third-order valence-corrected chi connectivity index (χ3v) is 8.14. The zero-order valence-electron chi connectivity index (χ0n) is 18.9. The van der Waals surface area contributed by atoms with Crippen LogP contribution in [0.5, 0.6) is 0 Å². The minimum atomic E-state index is 0.948. The topological polar surface area (TPSA) is 30.2 Å². The number of para-hydroxylation sites is 2. The number of benzene rings is 4.